The van der Waals surface area contributed by atoms with Crippen LogP contribution in [-0.2, 0) is 4.79 Å². The summed E-state index contributed by atoms with van der Waals surface area (Å²) in [5, 5.41) is 17.2. The number of hydrogen-bond acceptors (Lipinski definition) is 5. The highest BCUT2D eigenvalue weighted by molar-refractivity contribution is 6.35. The number of nitrogens with zero attached hydrogens (tertiary/aromatic N) is 3. The van der Waals surface area contributed by atoms with Crippen LogP contribution in [0.3, 0.4) is 0 Å². The molecule has 0 aliphatic rings. The van der Waals surface area contributed by atoms with Gasteiger partial charge in [-0.1, -0.05) is 17.7 Å². The van der Waals surface area contributed by atoms with Crippen LogP contribution in [-0.4, -0.2) is 16.2 Å². The molecule has 1 aromatic heterocycles. The minimum Gasteiger partial charge on any atom is -0.423 e. The second kappa shape index (κ2) is 4.36. The molecule has 0 radical (unpaired) electrons. The van der Waals surface area contributed by atoms with E-state index in [0.29, 0.717) is 15.9 Å². The molecule has 0 fully saturated rings. The molecular weight excluding hydrogens is 242 g/mol. The van der Waals surface area contributed by atoms with Crippen LogP contribution in [0.4, 0.5) is 0 Å². The second-order valence-corrected chi connectivity index (χ2v) is 3.63. The van der Waals surface area contributed by atoms with Crippen molar-refractivity contribution in [2.24, 2.45) is 0 Å². The van der Waals surface area contributed by atoms with Crippen molar-refractivity contribution in [3.8, 4) is 11.8 Å². The third-order valence-corrected chi connectivity index (χ3v) is 2.35. The van der Waals surface area contributed by atoms with Crippen LogP contribution in [0.15, 0.2) is 18.2 Å². The molecule has 0 saturated heterocycles. The summed E-state index contributed by atoms with van der Waals surface area (Å²) in [5.74, 6) is -0.441. The smallest absolute Gasteiger partial charge is 0.308 e. The third-order valence-electron chi connectivity index (χ3n) is 2.05. The van der Waals surface area contributed by atoms with E-state index in [1.807, 2.05) is 6.07 Å². The standard InChI is InChI=1S/C11H6ClN3O2/c1-6(16)17-11-7-3-2-4-8(12)10(7)15-14-9(11)5-13/h2-4H,1H3. The van der Waals surface area contributed by atoms with E-state index >= 15 is 0 Å². The van der Waals surface area contributed by atoms with E-state index in [2.05, 4.69) is 10.2 Å². The van der Waals surface area contributed by atoms with E-state index in [-0.39, 0.29) is 11.4 Å². The van der Waals surface area contributed by atoms with Crippen molar-refractivity contribution in [2.45, 2.75) is 6.92 Å². The highest BCUT2D eigenvalue weighted by atomic mass is 35.5. The van der Waals surface area contributed by atoms with Gasteiger partial charge in [-0.2, -0.15) is 5.26 Å². The maximum atomic E-state index is 11.0. The predicted octanol–water partition coefficient (Wildman–Crippen LogP) is 2.08. The van der Waals surface area contributed by atoms with Crippen LogP contribution >= 0.6 is 11.6 Å². The first-order valence-corrected chi connectivity index (χ1v) is 5.04. The van der Waals surface area contributed by atoms with Gasteiger partial charge in [-0.05, 0) is 12.1 Å². The zero-order valence-electron chi connectivity index (χ0n) is 8.77. The molecular formula is C11H6ClN3O2. The monoisotopic (exact) mass is 247 g/mol. The average Bonchev–Trinajstić information content (AvgIpc) is 2.29. The molecule has 0 amide bonds. The average molecular weight is 248 g/mol. The van der Waals surface area contributed by atoms with Gasteiger partial charge < -0.3 is 4.74 Å². The van der Waals surface area contributed by atoms with Crippen LogP contribution in [0.25, 0.3) is 10.9 Å². The van der Waals surface area contributed by atoms with Gasteiger partial charge in [0.2, 0.25) is 5.69 Å². The fourth-order valence-electron chi connectivity index (χ4n) is 1.39. The van der Waals surface area contributed by atoms with Crippen molar-refractivity contribution in [3.63, 3.8) is 0 Å². The van der Waals surface area contributed by atoms with Gasteiger partial charge in [0, 0.05) is 12.3 Å². The van der Waals surface area contributed by atoms with Crippen LogP contribution < -0.4 is 4.74 Å². The number of nitriles is 1. The van der Waals surface area contributed by atoms with Gasteiger partial charge in [0.25, 0.3) is 0 Å². The number of rotatable bonds is 1. The van der Waals surface area contributed by atoms with E-state index < -0.39 is 5.97 Å². The van der Waals surface area contributed by atoms with E-state index in [1.165, 1.54) is 6.92 Å². The molecule has 0 spiro atoms. The molecule has 0 aliphatic heterocycles. The fourth-order valence-corrected chi connectivity index (χ4v) is 1.61. The molecule has 5 nitrogen and oxygen atoms in total. The van der Waals surface area contributed by atoms with Gasteiger partial charge in [-0.25, -0.2) is 0 Å². The van der Waals surface area contributed by atoms with Crippen molar-refractivity contribution in [3.05, 3.63) is 28.9 Å². The lowest BCUT2D eigenvalue weighted by molar-refractivity contribution is -0.131. The number of carbonyl (C=O) groups excluding carboxylic acids is 1. The summed E-state index contributed by atoms with van der Waals surface area (Å²) in [5.41, 5.74) is 0.347. The number of esters is 1. The molecule has 17 heavy (non-hydrogen) atoms. The van der Waals surface area contributed by atoms with Crippen LogP contribution in [0.2, 0.25) is 5.02 Å². The number of aromatic nitrogens is 2. The maximum Gasteiger partial charge on any atom is 0.308 e. The van der Waals surface area contributed by atoms with Crippen LogP contribution in [0, 0.1) is 11.3 Å². The minimum absolute atomic E-state index is 0.0463. The Morgan fingerprint density at radius 1 is 1.47 bits per heavy atom. The van der Waals surface area contributed by atoms with Crippen LogP contribution in [0.1, 0.15) is 12.6 Å². The van der Waals surface area contributed by atoms with Crippen molar-refractivity contribution >= 4 is 28.5 Å². The Morgan fingerprint density at radius 3 is 2.88 bits per heavy atom. The summed E-state index contributed by atoms with van der Waals surface area (Å²) >= 11 is 5.94. The predicted molar refractivity (Wildman–Crippen MR) is 60.6 cm³/mol. The highest BCUT2D eigenvalue weighted by Crippen LogP contribution is 2.30. The summed E-state index contributed by atoms with van der Waals surface area (Å²) in [6, 6.07) is 6.80. The molecule has 0 bridgehead atoms. The first kappa shape index (κ1) is 11.3. The Kier molecular flexibility index (Phi) is 2.90. The molecule has 0 saturated carbocycles. The van der Waals surface area contributed by atoms with E-state index in [4.69, 9.17) is 21.6 Å². The quantitative estimate of drug-likeness (QED) is 0.721. The Morgan fingerprint density at radius 2 is 2.24 bits per heavy atom. The van der Waals surface area contributed by atoms with Crippen LogP contribution in [0.5, 0.6) is 5.75 Å². The lowest BCUT2D eigenvalue weighted by atomic mass is 10.2. The largest absolute Gasteiger partial charge is 0.423 e. The lowest BCUT2D eigenvalue weighted by Crippen LogP contribution is -2.05. The van der Waals surface area contributed by atoms with E-state index in [9.17, 15) is 4.79 Å². The summed E-state index contributed by atoms with van der Waals surface area (Å²) in [7, 11) is 0. The van der Waals surface area contributed by atoms with Crippen molar-refractivity contribution in [2.75, 3.05) is 0 Å². The number of carbonyl (C=O) groups is 1. The Balaban J connectivity index is 2.80. The van der Waals surface area contributed by atoms with Gasteiger partial charge in [0.15, 0.2) is 5.75 Å². The second-order valence-electron chi connectivity index (χ2n) is 3.22. The summed E-state index contributed by atoms with van der Waals surface area (Å²) in [6.45, 7) is 1.25. The van der Waals surface area contributed by atoms with E-state index in [1.54, 1.807) is 18.2 Å². The summed E-state index contributed by atoms with van der Waals surface area (Å²) < 4.78 is 4.98. The number of ether oxygens (including phenoxy) is 1. The molecule has 84 valence electrons. The van der Waals surface area contributed by atoms with Gasteiger partial charge >= 0.3 is 5.97 Å². The zero-order valence-corrected chi connectivity index (χ0v) is 9.52. The van der Waals surface area contributed by atoms with Crippen molar-refractivity contribution in [1.29, 1.82) is 5.26 Å². The third kappa shape index (κ3) is 2.03. The van der Waals surface area contributed by atoms with Gasteiger partial charge in [-0.15, -0.1) is 10.2 Å². The van der Waals surface area contributed by atoms with E-state index in [0.717, 1.165) is 0 Å². The maximum absolute atomic E-state index is 11.0. The number of hydrogen-bond donors (Lipinski definition) is 0. The summed E-state index contributed by atoms with van der Waals surface area (Å²) in [4.78, 5) is 11.0. The topological polar surface area (TPSA) is 75.9 Å². The molecule has 1 aromatic carbocycles. The lowest BCUT2D eigenvalue weighted by Gasteiger charge is -2.06. The molecule has 1 heterocycles. The highest BCUT2D eigenvalue weighted by Gasteiger charge is 2.15. The molecule has 2 aromatic rings. The first-order valence-electron chi connectivity index (χ1n) is 4.67. The van der Waals surface area contributed by atoms with Gasteiger partial charge in [-0.3, -0.25) is 4.79 Å². The Labute approximate surface area is 102 Å². The zero-order chi connectivity index (χ0) is 12.4. The normalized spacial score (nSPS) is 9.94. The number of halogens is 1. The molecule has 0 unspecified atom stereocenters. The Bertz CT molecular complexity index is 649. The Hall–Kier alpha value is -2.19. The summed E-state index contributed by atoms with van der Waals surface area (Å²) in [6.07, 6.45) is 0. The molecule has 2 rings (SSSR count). The molecule has 6 heteroatoms. The number of fused-ring (bicyclic) bond motifs is 1. The van der Waals surface area contributed by atoms with Crippen molar-refractivity contribution < 1.29 is 9.53 Å². The fraction of sp³-hybridized carbons (Fsp3) is 0.0909. The molecule has 0 aliphatic carbocycles. The number of benzene rings is 1. The first-order chi connectivity index (χ1) is 8.13. The molecule has 0 N–H and O–H groups in total. The minimum atomic E-state index is -0.532. The van der Waals surface area contributed by atoms with Crippen molar-refractivity contribution in [1.82, 2.24) is 10.2 Å². The van der Waals surface area contributed by atoms with Gasteiger partial charge in [0.05, 0.1) is 5.02 Å². The van der Waals surface area contributed by atoms with Gasteiger partial charge in [0.1, 0.15) is 11.6 Å². The SMILES string of the molecule is CC(=O)Oc1c(C#N)nnc2c(Cl)cccc12. The molecule has 0 atom stereocenters.